The number of ether oxygens (including phenoxy) is 2. The number of nitrogens with two attached hydrogens (primary N) is 2. The summed E-state index contributed by atoms with van der Waals surface area (Å²) in [5.41, 5.74) is 16.7. The summed E-state index contributed by atoms with van der Waals surface area (Å²) >= 11 is 0. The van der Waals surface area contributed by atoms with Gasteiger partial charge in [0.25, 0.3) is 0 Å². The van der Waals surface area contributed by atoms with Gasteiger partial charge in [-0.3, -0.25) is 0 Å². The van der Waals surface area contributed by atoms with Crippen molar-refractivity contribution >= 4 is 11.4 Å². The van der Waals surface area contributed by atoms with Crippen molar-refractivity contribution in [1.29, 1.82) is 0 Å². The fourth-order valence-electron chi connectivity index (χ4n) is 5.42. The molecule has 0 spiro atoms. The summed E-state index contributed by atoms with van der Waals surface area (Å²) in [7, 11) is 0. The van der Waals surface area contributed by atoms with Crippen molar-refractivity contribution in [1.82, 2.24) is 0 Å². The topological polar surface area (TPSA) is 111 Å². The standard InChI is InChI=1S/C50H32N2O4/c51-45-31-25-39(33-47(45)53)55-49-42(28-22-36-15-7-2-8-16-36)41(27-21-35-13-5-1-6-14-35)43(29-23-37-17-9-3-10-18-37)50(56-40-26-32-46(52)48(54)34-40)44(49)30-24-38-19-11-4-12-20-38/h1-20,25-26,31-34,53-54H,51-52H2. The van der Waals surface area contributed by atoms with E-state index in [0.29, 0.717) is 16.7 Å². The van der Waals surface area contributed by atoms with Crippen molar-refractivity contribution < 1.29 is 19.7 Å². The average molecular weight is 725 g/mol. The molecule has 6 nitrogen and oxygen atoms in total. The number of anilines is 2. The number of aromatic hydroxyl groups is 2. The zero-order chi connectivity index (χ0) is 38.7. The molecule has 0 heterocycles. The number of benzene rings is 7. The molecule has 6 heteroatoms. The van der Waals surface area contributed by atoms with Crippen molar-refractivity contribution in [2.45, 2.75) is 0 Å². The number of nitrogen functional groups attached to an aromatic ring is 2. The highest BCUT2D eigenvalue weighted by atomic mass is 16.5. The number of phenols is 2. The van der Waals surface area contributed by atoms with E-state index >= 15 is 0 Å². The third-order valence-electron chi connectivity index (χ3n) is 8.27. The second-order valence-electron chi connectivity index (χ2n) is 12.3. The zero-order valence-electron chi connectivity index (χ0n) is 29.9. The zero-order valence-corrected chi connectivity index (χ0v) is 29.9. The highest BCUT2D eigenvalue weighted by Crippen LogP contribution is 2.44. The molecule has 7 aromatic rings. The molecule has 0 aromatic heterocycles. The first-order valence-corrected chi connectivity index (χ1v) is 17.5. The summed E-state index contributed by atoms with van der Waals surface area (Å²) in [5.74, 6) is 27.0. The Morgan fingerprint density at radius 3 is 0.964 bits per heavy atom. The van der Waals surface area contributed by atoms with E-state index in [2.05, 4.69) is 47.4 Å². The van der Waals surface area contributed by atoms with Crippen molar-refractivity contribution in [2.24, 2.45) is 0 Å². The predicted octanol–water partition coefficient (Wildman–Crippen LogP) is 9.45. The normalized spacial score (nSPS) is 9.86. The van der Waals surface area contributed by atoms with Crippen molar-refractivity contribution in [3.8, 4) is 81.9 Å². The molecule has 0 aliphatic rings. The van der Waals surface area contributed by atoms with Crippen LogP contribution in [-0.4, -0.2) is 10.2 Å². The summed E-state index contributed by atoms with van der Waals surface area (Å²) < 4.78 is 13.4. The van der Waals surface area contributed by atoms with Gasteiger partial charge in [0.2, 0.25) is 0 Å². The van der Waals surface area contributed by atoms with Gasteiger partial charge in [-0.2, -0.15) is 0 Å². The van der Waals surface area contributed by atoms with E-state index in [9.17, 15) is 10.2 Å². The Morgan fingerprint density at radius 2 is 0.643 bits per heavy atom. The van der Waals surface area contributed by atoms with Crippen LogP contribution in [0.3, 0.4) is 0 Å². The van der Waals surface area contributed by atoms with Crippen LogP contribution in [0.4, 0.5) is 11.4 Å². The van der Waals surface area contributed by atoms with Gasteiger partial charge in [0.1, 0.15) is 28.6 Å². The van der Waals surface area contributed by atoms with E-state index < -0.39 is 0 Å². The lowest BCUT2D eigenvalue weighted by atomic mass is 9.93. The highest BCUT2D eigenvalue weighted by Gasteiger charge is 2.26. The van der Waals surface area contributed by atoms with Crippen molar-refractivity contribution in [2.75, 3.05) is 11.5 Å². The number of hydrogen-bond donors (Lipinski definition) is 4. The quantitative estimate of drug-likeness (QED) is 0.0818. The third-order valence-corrected chi connectivity index (χ3v) is 8.27. The fraction of sp³-hybridized carbons (Fsp3) is 0. The van der Waals surface area contributed by atoms with Crippen molar-refractivity contribution in [3.05, 3.63) is 202 Å². The van der Waals surface area contributed by atoms with Crippen LogP contribution >= 0.6 is 0 Å². The Bertz CT molecular complexity index is 2660. The van der Waals surface area contributed by atoms with Gasteiger partial charge >= 0.3 is 0 Å². The lowest BCUT2D eigenvalue weighted by Crippen LogP contribution is -2.04. The Hall–Kier alpha value is -8.42. The molecule has 0 aliphatic heterocycles. The predicted molar refractivity (Wildman–Crippen MR) is 221 cm³/mol. The lowest BCUT2D eigenvalue weighted by Gasteiger charge is -2.19. The van der Waals surface area contributed by atoms with Gasteiger partial charge in [0, 0.05) is 34.4 Å². The van der Waals surface area contributed by atoms with E-state index in [1.54, 1.807) is 24.3 Å². The molecular weight excluding hydrogens is 693 g/mol. The first-order chi connectivity index (χ1) is 27.4. The third kappa shape index (κ3) is 8.78. The van der Waals surface area contributed by atoms with Gasteiger partial charge in [0.05, 0.1) is 28.1 Å². The first-order valence-electron chi connectivity index (χ1n) is 17.5. The van der Waals surface area contributed by atoms with E-state index in [0.717, 1.165) is 22.3 Å². The van der Waals surface area contributed by atoms with Gasteiger partial charge < -0.3 is 31.2 Å². The number of rotatable bonds is 4. The molecule has 0 fully saturated rings. The molecule has 6 N–H and O–H groups in total. The molecule has 0 atom stereocenters. The molecule has 0 bridgehead atoms. The van der Waals surface area contributed by atoms with Crippen LogP contribution in [0, 0.1) is 47.4 Å². The molecular formula is C50H32N2O4. The average Bonchev–Trinajstić information content (AvgIpc) is 3.23. The summed E-state index contributed by atoms with van der Waals surface area (Å²) in [6.45, 7) is 0. The van der Waals surface area contributed by atoms with Crippen molar-refractivity contribution in [3.63, 3.8) is 0 Å². The van der Waals surface area contributed by atoms with Crippen LogP contribution in [0.1, 0.15) is 44.5 Å². The molecule has 0 unspecified atom stereocenters. The van der Waals surface area contributed by atoms with E-state index in [1.165, 1.54) is 12.1 Å². The molecule has 56 heavy (non-hydrogen) atoms. The number of phenolic OH excluding ortho intramolecular Hbond substituents is 2. The van der Waals surface area contributed by atoms with Crippen LogP contribution in [0.2, 0.25) is 0 Å². The lowest BCUT2D eigenvalue weighted by molar-refractivity contribution is 0.442. The molecule has 0 saturated heterocycles. The van der Waals surface area contributed by atoms with Crippen LogP contribution in [0.5, 0.6) is 34.5 Å². The maximum Gasteiger partial charge on any atom is 0.163 e. The van der Waals surface area contributed by atoms with E-state index in [1.807, 2.05) is 121 Å². The Labute approximate surface area is 325 Å². The minimum atomic E-state index is -0.167. The van der Waals surface area contributed by atoms with Gasteiger partial charge in [0.15, 0.2) is 11.5 Å². The Kier molecular flexibility index (Phi) is 10.9. The molecule has 0 radical (unpaired) electrons. The summed E-state index contributed by atoms with van der Waals surface area (Å²) in [5, 5.41) is 21.3. The van der Waals surface area contributed by atoms with Gasteiger partial charge in [-0.25, -0.2) is 0 Å². The van der Waals surface area contributed by atoms with E-state index in [4.69, 9.17) is 20.9 Å². The Morgan fingerprint density at radius 1 is 0.339 bits per heavy atom. The van der Waals surface area contributed by atoms with Crippen LogP contribution < -0.4 is 20.9 Å². The van der Waals surface area contributed by atoms with Crippen LogP contribution in [0.25, 0.3) is 0 Å². The molecule has 0 amide bonds. The fourth-order valence-corrected chi connectivity index (χ4v) is 5.42. The van der Waals surface area contributed by atoms with Gasteiger partial charge in [-0.15, -0.1) is 0 Å². The van der Waals surface area contributed by atoms with E-state index in [-0.39, 0.29) is 51.4 Å². The SMILES string of the molecule is Nc1ccc(Oc2c(C#Cc3ccccc3)c(C#Cc3ccccc3)c(C#Cc3ccccc3)c(Oc3ccc(N)c(O)c3)c2C#Cc2ccccc2)cc1O. The summed E-state index contributed by atoms with van der Waals surface area (Å²) in [6, 6.07) is 47.2. The second kappa shape index (κ2) is 16.9. The largest absolute Gasteiger partial charge is 0.506 e. The Balaban J connectivity index is 1.64. The van der Waals surface area contributed by atoms with Crippen LogP contribution in [0.15, 0.2) is 158 Å². The van der Waals surface area contributed by atoms with Gasteiger partial charge in [-0.1, -0.05) is 120 Å². The van der Waals surface area contributed by atoms with Gasteiger partial charge in [-0.05, 0) is 72.8 Å². The summed E-state index contributed by atoms with van der Waals surface area (Å²) in [4.78, 5) is 0. The summed E-state index contributed by atoms with van der Waals surface area (Å²) in [6.07, 6.45) is 0. The highest BCUT2D eigenvalue weighted by molar-refractivity contribution is 5.78. The monoisotopic (exact) mass is 724 g/mol. The minimum Gasteiger partial charge on any atom is -0.506 e. The second-order valence-corrected chi connectivity index (χ2v) is 12.3. The maximum absolute atomic E-state index is 10.6. The molecule has 7 rings (SSSR count). The molecule has 0 saturated carbocycles. The molecule has 0 aliphatic carbocycles. The maximum atomic E-state index is 10.6. The number of hydrogen-bond acceptors (Lipinski definition) is 6. The minimum absolute atomic E-state index is 0.167. The first kappa shape index (κ1) is 36.0. The molecule has 7 aromatic carbocycles. The molecule has 266 valence electrons. The van der Waals surface area contributed by atoms with Crippen LogP contribution in [-0.2, 0) is 0 Å². The smallest absolute Gasteiger partial charge is 0.163 e.